The number of hydrogen-bond acceptors (Lipinski definition) is 7. The normalized spacial score (nSPS) is 31.7. The van der Waals surface area contributed by atoms with E-state index in [9.17, 15) is 9.90 Å². The maximum Gasteiger partial charge on any atom is 0.258 e. The molecule has 3 N–H and O–H groups in total. The van der Waals surface area contributed by atoms with Crippen LogP contribution < -0.4 is 15.4 Å². The predicted octanol–water partition coefficient (Wildman–Crippen LogP) is 3.27. The van der Waals surface area contributed by atoms with Crippen LogP contribution in [0, 0.1) is 17.8 Å². The summed E-state index contributed by atoms with van der Waals surface area (Å²) in [6.07, 6.45) is 9.13. The zero-order chi connectivity index (χ0) is 20.9. The molecule has 0 radical (unpaired) electrons. The zero-order valence-corrected chi connectivity index (χ0v) is 17.3. The quantitative estimate of drug-likeness (QED) is 0.668. The molecule has 4 bridgehead atoms. The number of aliphatic hydroxyl groups is 1. The van der Waals surface area contributed by atoms with Crippen LogP contribution in [0.4, 0.5) is 11.6 Å². The monoisotopic (exact) mass is 412 g/mol. The van der Waals surface area contributed by atoms with E-state index in [1.165, 1.54) is 6.20 Å². The minimum absolute atomic E-state index is 0.0879. The molecule has 2 aromatic heterocycles. The van der Waals surface area contributed by atoms with E-state index < -0.39 is 5.60 Å². The van der Waals surface area contributed by atoms with Gasteiger partial charge in [0.05, 0.1) is 23.7 Å². The molecule has 4 aliphatic carbocycles. The summed E-state index contributed by atoms with van der Waals surface area (Å²) in [6, 6.07) is 1.85. The molecule has 4 aliphatic rings. The van der Waals surface area contributed by atoms with Crippen molar-refractivity contribution in [2.45, 2.75) is 63.7 Å². The third-order valence-electron chi connectivity index (χ3n) is 6.66. The van der Waals surface area contributed by atoms with Gasteiger partial charge in [-0.25, -0.2) is 4.98 Å². The van der Waals surface area contributed by atoms with Gasteiger partial charge in [0.15, 0.2) is 0 Å². The molecular weight excluding hydrogens is 384 g/mol. The molecule has 8 nitrogen and oxygen atoms in total. The number of carbonyl (C=O) groups is 1. The first kappa shape index (κ1) is 19.4. The lowest BCUT2D eigenvalue weighted by Crippen LogP contribution is -2.61. The van der Waals surface area contributed by atoms with Crippen LogP contribution in [0.5, 0.6) is 5.88 Å². The highest BCUT2D eigenvalue weighted by Crippen LogP contribution is 2.55. The lowest BCUT2D eigenvalue weighted by atomic mass is 9.52. The summed E-state index contributed by atoms with van der Waals surface area (Å²) in [4.78, 5) is 21.9. The second-order valence-corrected chi connectivity index (χ2v) is 9.41. The van der Waals surface area contributed by atoms with Crippen LogP contribution in [0.25, 0.3) is 0 Å². The number of carbonyl (C=O) groups excluding carboxylic acids is 1. The summed E-state index contributed by atoms with van der Waals surface area (Å²) in [5, 5.41) is 17.0. The van der Waals surface area contributed by atoms with Gasteiger partial charge in [-0.2, -0.15) is 4.98 Å². The Kier molecular flexibility index (Phi) is 4.69. The minimum atomic E-state index is -0.521. The Labute approximate surface area is 175 Å². The molecule has 0 aromatic carbocycles. The summed E-state index contributed by atoms with van der Waals surface area (Å²) in [5.74, 6) is 1.64. The molecule has 4 saturated carbocycles. The van der Waals surface area contributed by atoms with Crippen molar-refractivity contribution in [1.29, 1.82) is 0 Å². The number of nitrogens with one attached hydrogen (secondary N) is 2. The highest BCUT2D eigenvalue weighted by molar-refractivity contribution is 5.96. The van der Waals surface area contributed by atoms with Crippen molar-refractivity contribution in [3.05, 3.63) is 30.4 Å². The summed E-state index contributed by atoms with van der Waals surface area (Å²) in [6.45, 7) is 3.79. The van der Waals surface area contributed by atoms with Crippen molar-refractivity contribution in [1.82, 2.24) is 15.3 Å². The van der Waals surface area contributed by atoms with Crippen LogP contribution in [-0.4, -0.2) is 38.7 Å². The Balaban J connectivity index is 1.35. The van der Waals surface area contributed by atoms with Crippen LogP contribution in [-0.2, 0) is 0 Å². The van der Waals surface area contributed by atoms with Gasteiger partial charge in [0, 0.05) is 12.2 Å². The third-order valence-corrected chi connectivity index (χ3v) is 6.66. The van der Waals surface area contributed by atoms with E-state index in [0.717, 1.165) is 32.1 Å². The van der Waals surface area contributed by atoms with Crippen LogP contribution in [0.1, 0.15) is 56.3 Å². The maximum absolute atomic E-state index is 13.2. The van der Waals surface area contributed by atoms with Crippen molar-refractivity contribution in [2.75, 3.05) is 5.32 Å². The molecule has 160 valence electrons. The minimum Gasteiger partial charge on any atom is -0.474 e. The first-order chi connectivity index (χ1) is 14.4. The summed E-state index contributed by atoms with van der Waals surface area (Å²) >= 11 is 0. The number of anilines is 2. The fourth-order valence-electron chi connectivity index (χ4n) is 5.81. The third kappa shape index (κ3) is 3.64. The molecule has 4 fully saturated rings. The molecule has 30 heavy (non-hydrogen) atoms. The topological polar surface area (TPSA) is 110 Å². The van der Waals surface area contributed by atoms with Crippen molar-refractivity contribution in [3.63, 3.8) is 0 Å². The van der Waals surface area contributed by atoms with Gasteiger partial charge in [0.1, 0.15) is 11.8 Å². The van der Waals surface area contributed by atoms with Gasteiger partial charge >= 0.3 is 0 Å². The molecule has 8 heteroatoms. The fourth-order valence-corrected chi connectivity index (χ4v) is 5.81. The Morgan fingerprint density at radius 2 is 2.07 bits per heavy atom. The number of nitrogens with zero attached hydrogens (tertiary/aromatic N) is 2. The Hall–Kier alpha value is -2.61. The zero-order valence-electron chi connectivity index (χ0n) is 17.3. The average Bonchev–Trinajstić information content (AvgIpc) is 3.16. The Morgan fingerprint density at radius 3 is 2.70 bits per heavy atom. The van der Waals surface area contributed by atoms with Gasteiger partial charge in [-0.1, -0.05) is 0 Å². The van der Waals surface area contributed by atoms with E-state index in [1.807, 2.05) is 13.8 Å². The lowest BCUT2D eigenvalue weighted by Gasteiger charge is -2.58. The number of aromatic nitrogens is 2. The van der Waals surface area contributed by atoms with E-state index in [4.69, 9.17) is 9.15 Å². The molecule has 1 amide bonds. The number of amides is 1. The van der Waals surface area contributed by atoms with Crippen molar-refractivity contribution < 1.29 is 19.1 Å². The van der Waals surface area contributed by atoms with Gasteiger partial charge in [0.2, 0.25) is 11.8 Å². The predicted molar refractivity (Wildman–Crippen MR) is 110 cm³/mol. The van der Waals surface area contributed by atoms with Crippen LogP contribution >= 0.6 is 0 Å². The molecule has 2 aromatic rings. The van der Waals surface area contributed by atoms with Gasteiger partial charge in [-0.15, -0.1) is 0 Å². The van der Waals surface area contributed by atoms with Crippen molar-refractivity contribution in [3.8, 4) is 5.88 Å². The van der Waals surface area contributed by atoms with E-state index in [-0.39, 0.29) is 23.9 Å². The molecule has 6 rings (SSSR count). The number of rotatable bonds is 6. The van der Waals surface area contributed by atoms with Crippen molar-refractivity contribution >= 4 is 17.5 Å². The summed E-state index contributed by atoms with van der Waals surface area (Å²) in [5.41, 5.74) is 0.524. The molecule has 2 unspecified atom stereocenters. The second kappa shape index (κ2) is 7.27. The van der Waals surface area contributed by atoms with Crippen LogP contribution in [0.2, 0.25) is 0 Å². The highest BCUT2D eigenvalue weighted by atomic mass is 16.5. The molecule has 0 saturated heterocycles. The number of hydrogen-bond donors (Lipinski definition) is 3. The van der Waals surface area contributed by atoms with E-state index >= 15 is 0 Å². The highest BCUT2D eigenvalue weighted by Gasteiger charge is 2.55. The first-order valence-corrected chi connectivity index (χ1v) is 10.7. The SMILES string of the molecule is CC(C)Oc1nc(Nc2ccoc2)ncc1C(=O)NC1C2CC3CC1CC(O)(C3)C2. The van der Waals surface area contributed by atoms with E-state index in [2.05, 4.69) is 20.6 Å². The standard InChI is InChI=1S/C22H28N4O4/c1-12(2)30-20-17(10-23-21(26-20)24-16-3-4-29-11-16)19(27)25-18-14-5-13-6-15(18)9-22(28,7-13)8-14/h3-4,10-15,18,28H,5-9H2,1-2H3,(H,25,27)(H,23,24,26). The fraction of sp³-hybridized carbons (Fsp3) is 0.591. The van der Waals surface area contributed by atoms with E-state index in [1.54, 1.807) is 18.6 Å². The molecule has 2 heterocycles. The molecule has 0 aliphatic heterocycles. The lowest BCUT2D eigenvalue weighted by molar-refractivity contribution is -0.136. The average molecular weight is 412 g/mol. The summed E-state index contributed by atoms with van der Waals surface area (Å²) < 4.78 is 10.9. The van der Waals surface area contributed by atoms with Crippen LogP contribution in [0.3, 0.4) is 0 Å². The summed E-state index contributed by atoms with van der Waals surface area (Å²) in [7, 11) is 0. The molecule has 0 spiro atoms. The second-order valence-electron chi connectivity index (χ2n) is 9.41. The Morgan fingerprint density at radius 1 is 1.30 bits per heavy atom. The van der Waals surface area contributed by atoms with Gasteiger partial charge < -0.3 is 24.9 Å². The first-order valence-electron chi connectivity index (χ1n) is 10.7. The number of furan rings is 1. The smallest absolute Gasteiger partial charge is 0.258 e. The van der Waals surface area contributed by atoms with Gasteiger partial charge in [-0.3, -0.25) is 4.79 Å². The molecular formula is C22H28N4O4. The molecule has 2 atom stereocenters. The maximum atomic E-state index is 13.2. The van der Waals surface area contributed by atoms with Gasteiger partial charge in [0.25, 0.3) is 5.91 Å². The van der Waals surface area contributed by atoms with Crippen LogP contribution in [0.15, 0.2) is 29.2 Å². The number of ether oxygens (including phenoxy) is 1. The Bertz CT molecular complexity index is 913. The largest absolute Gasteiger partial charge is 0.474 e. The van der Waals surface area contributed by atoms with E-state index in [0.29, 0.717) is 35.0 Å². The van der Waals surface area contributed by atoms with Gasteiger partial charge in [-0.05, 0) is 69.8 Å². The van der Waals surface area contributed by atoms with Crippen molar-refractivity contribution in [2.24, 2.45) is 17.8 Å².